The molecule has 11 heteroatoms. The van der Waals surface area contributed by atoms with E-state index in [0.717, 1.165) is 18.9 Å². The van der Waals surface area contributed by atoms with E-state index >= 15 is 0 Å². The number of benzene rings is 2. The summed E-state index contributed by atoms with van der Waals surface area (Å²) in [7, 11) is 1.50. The molecule has 2 aromatic carbocycles. The first kappa shape index (κ1) is 24.8. The second kappa shape index (κ2) is 9.53. The highest BCUT2D eigenvalue weighted by Crippen LogP contribution is 2.41. The smallest absolute Gasteiger partial charge is 0.419 e. The predicted molar refractivity (Wildman–Crippen MR) is 128 cm³/mol. The van der Waals surface area contributed by atoms with Gasteiger partial charge in [-0.25, -0.2) is 14.4 Å². The number of nitrogens with one attached hydrogen (secondary N) is 1. The van der Waals surface area contributed by atoms with Crippen molar-refractivity contribution in [2.75, 3.05) is 12.4 Å². The maximum absolute atomic E-state index is 13.7. The monoisotopic (exact) mass is 516 g/mol. The Morgan fingerprint density at radius 2 is 1.86 bits per heavy atom. The molecule has 0 spiro atoms. The van der Waals surface area contributed by atoms with Crippen LogP contribution >= 0.6 is 0 Å². The number of halogens is 4. The number of methoxy groups -OCH3 is 1. The molecule has 0 aliphatic carbocycles. The Hall–Kier alpha value is -3.89. The van der Waals surface area contributed by atoms with Crippen LogP contribution in [0.1, 0.15) is 31.2 Å². The average molecular weight is 516 g/mol. The van der Waals surface area contributed by atoms with Crippen LogP contribution in [-0.4, -0.2) is 46.1 Å². The molecule has 3 heterocycles. The van der Waals surface area contributed by atoms with Crippen LogP contribution in [0.15, 0.2) is 49.3 Å². The fourth-order valence-electron chi connectivity index (χ4n) is 5.24. The number of carbonyl (C=O) groups is 1. The van der Waals surface area contributed by atoms with Crippen molar-refractivity contribution >= 4 is 28.3 Å². The van der Waals surface area contributed by atoms with Gasteiger partial charge in [0, 0.05) is 42.1 Å². The maximum Gasteiger partial charge on any atom is 0.419 e. The van der Waals surface area contributed by atoms with E-state index in [1.165, 1.54) is 25.6 Å². The van der Waals surface area contributed by atoms with Gasteiger partial charge in [-0.05, 0) is 43.2 Å². The molecule has 2 bridgehead atoms. The number of ether oxygens (including phenoxy) is 2. The summed E-state index contributed by atoms with van der Waals surface area (Å²) in [6.07, 6.45) is 0.721. The Kier molecular flexibility index (Phi) is 6.38. The summed E-state index contributed by atoms with van der Waals surface area (Å²) in [5.41, 5.74) is -0.883. The normalized spacial score (nSPS) is 21.1. The molecule has 0 radical (unpaired) electrons. The Labute approximate surface area is 210 Å². The Morgan fingerprint density at radius 1 is 1.14 bits per heavy atom. The third-order valence-corrected chi connectivity index (χ3v) is 6.87. The highest BCUT2D eigenvalue weighted by molar-refractivity contribution is 5.93. The summed E-state index contributed by atoms with van der Waals surface area (Å²) in [5, 5.41) is 3.32. The van der Waals surface area contributed by atoms with Crippen LogP contribution in [-0.2, 0) is 11.0 Å². The molecule has 2 saturated heterocycles. The average Bonchev–Trinajstić information content (AvgIpc) is 3.14. The number of hydrogen-bond acceptors (Lipinski definition) is 6. The van der Waals surface area contributed by atoms with Gasteiger partial charge in [0.2, 0.25) is 5.91 Å². The van der Waals surface area contributed by atoms with E-state index in [0.29, 0.717) is 41.3 Å². The minimum Gasteiger partial charge on any atom is -0.493 e. The van der Waals surface area contributed by atoms with Crippen molar-refractivity contribution in [2.24, 2.45) is 0 Å². The van der Waals surface area contributed by atoms with Crippen molar-refractivity contribution in [3.8, 4) is 11.5 Å². The third-order valence-electron chi connectivity index (χ3n) is 6.87. The molecule has 3 atom stereocenters. The number of aromatic nitrogens is 2. The number of amides is 1. The van der Waals surface area contributed by atoms with Crippen LogP contribution in [0, 0.1) is 5.82 Å². The maximum atomic E-state index is 13.7. The lowest BCUT2D eigenvalue weighted by Gasteiger charge is -2.38. The first-order valence-corrected chi connectivity index (χ1v) is 11.8. The van der Waals surface area contributed by atoms with Crippen LogP contribution in [0.5, 0.6) is 11.5 Å². The highest BCUT2D eigenvalue weighted by atomic mass is 19.4. The number of hydrogen-bond donors (Lipinski definition) is 1. The van der Waals surface area contributed by atoms with Crippen LogP contribution in [0.3, 0.4) is 0 Å². The molecule has 2 unspecified atom stereocenters. The number of rotatable bonds is 6. The number of nitrogens with zero attached hydrogens (tertiary/aromatic N) is 3. The zero-order chi connectivity index (χ0) is 26.3. The second-order valence-electron chi connectivity index (χ2n) is 9.11. The lowest BCUT2D eigenvalue weighted by atomic mass is 9.99. The van der Waals surface area contributed by atoms with Crippen molar-refractivity contribution in [2.45, 2.75) is 50.0 Å². The zero-order valence-electron chi connectivity index (χ0n) is 19.9. The second-order valence-corrected chi connectivity index (χ2v) is 9.11. The summed E-state index contributed by atoms with van der Waals surface area (Å²) < 4.78 is 65.1. The van der Waals surface area contributed by atoms with Crippen molar-refractivity contribution in [3.05, 3.63) is 60.7 Å². The molecule has 3 aromatic rings. The Morgan fingerprint density at radius 3 is 2.51 bits per heavy atom. The topological polar surface area (TPSA) is 76.6 Å². The number of fused-ring (bicyclic) bond motifs is 3. The quantitative estimate of drug-likeness (QED) is 0.338. The van der Waals surface area contributed by atoms with E-state index in [9.17, 15) is 22.4 Å². The third kappa shape index (κ3) is 4.77. The van der Waals surface area contributed by atoms with Gasteiger partial charge in [0.05, 0.1) is 18.2 Å². The Balaban J connectivity index is 1.44. The summed E-state index contributed by atoms with van der Waals surface area (Å²) in [6, 6.07) is 6.13. The van der Waals surface area contributed by atoms with Crippen molar-refractivity contribution in [1.82, 2.24) is 14.9 Å². The van der Waals surface area contributed by atoms with Gasteiger partial charge < -0.3 is 19.7 Å². The van der Waals surface area contributed by atoms with Gasteiger partial charge in [0.15, 0.2) is 11.5 Å². The number of anilines is 2. The van der Waals surface area contributed by atoms with Gasteiger partial charge in [-0.3, -0.25) is 4.79 Å². The van der Waals surface area contributed by atoms with Gasteiger partial charge in [0.1, 0.15) is 24.1 Å². The van der Waals surface area contributed by atoms with Crippen LogP contribution in [0.4, 0.5) is 29.1 Å². The standard InChI is InChI=1S/C26H24F4N4O3/c1-3-24(35)34-15-5-6-16(34)10-17(9-15)37-23-11-18-21(12-22(23)36-2)31-13-32-25(18)33-14-4-7-20(27)19(8-14)26(28,29)30/h3-4,7-8,11-13,15-17H,1,5-6,9-10H2,2H3,(H,31,32,33)/t15-,16?,17?/m0/s1. The molecular formula is C26H24F4N4O3. The van der Waals surface area contributed by atoms with Crippen molar-refractivity contribution in [3.63, 3.8) is 0 Å². The summed E-state index contributed by atoms with van der Waals surface area (Å²) in [5.74, 6) is -0.341. The summed E-state index contributed by atoms with van der Waals surface area (Å²) >= 11 is 0. The van der Waals surface area contributed by atoms with E-state index in [2.05, 4.69) is 21.9 Å². The van der Waals surface area contributed by atoms with E-state index in [1.807, 2.05) is 4.90 Å². The lowest BCUT2D eigenvalue weighted by Crippen LogP contribution is -2.48. The van der Waals surface area contributed by atoms with Crippen LogP contribution in [0.2, 0.25) is 0 Å². The molecule has 1 aromatic heterocycles. The summed E-state index contributed by atoms with van der Waals surface area (Å²) in [6.45, 7) is 3.60. The molecule has 1 amide bonds. The first-order chi connectivity index (χ1) is 17.7. The molecule has 1 N–H and O–H groups in total. The SMILES string of the molecule is C=CC(=O)N1C2CC[C@H]1CC(Oc1cc3c(Nc4ccc(F)c(C(F)(F)F)c4)ncnc3cc1OC)C2. The number of carbonyl (C=O) groups excluding carboxylic acids is 1. The van der Waals surface area contributed by atoms with E-state index in [4.69, 9.17) is 9.47 Å². The van der Waals surface area contributed by atoms with Gasteiger partial charge in [-0.1, -0.05) is 6.58 Å². The molecule has 37 heavy (non-hydrogen) atoms. The van der Waals surface area contributed by atoms with Gasteiger partial charge in [0.25, 0.3) is 0 Å². The zero-order valence-corrected chi connectivity index (χ0v) is 19.9. The molecule has 2 fully saturated rings. The van der Waals surface area contributed by atoms with Crippen molar-refractivity contribution in [1.29, 1.82) is 0 Å². The number of alkyl halides is 3. The molecule has 194 valence electrons. The fourth-order valence-corrected chi connectivity index (χ4v) is 5.24. The largest absolute Gasteiger partial charge is 0.493 e. The van der Waals surface area contributed by atoms with Gasteiger partial charge in [-0.2, -0.15) is 13.2 Å². The van der Waals surface area contributed by atoms with E-state index in [1.54, 1.807) is 12.1 Å². The van der Waals surface area contributed by atoms with Crippen LogP contribution in [0.25, 0.3) is 10.9 Å². The molecule has 0 saturated carbocycles. The predicted octanol–water partition coefficient (Wildman–Crippen LogP) is 5.63. The molecule has 2 aliphatic heterocycles. The number of piperidine rings is 1. The molecule has 7 nitrogen and oxygen atoms in total. The molecule has 2 aliphatic rings. The van der Waals surface area contributed by atoms with Gasteiger partial charge in [-0.15, -0.1) is 0 Å². The summed E-state index contributed by atoms with van der Waals surface area (Å²) in [4.78, 5) is 22.6. The highest BCUT2D eigenvalue weighted by Gasteiger charge is 2.43. The fraction of sp³-hybridized carbons (Fsp3) is 0.346. The molecule has 5 rings (SSSR count). The van der Waals surface area contributed by atoms with Crippen LogP contribution < -0.4 is 14.8 Å². The van der Waals surface area contributed by atoms with Crippen molar-refractivity contribution < 1.29 is 31.8 Å². The van der Waals surface area contributed by atoms with Gasteiger partial charge >= 0.3 is 6.18 Å². The minimum absolute atomic E-state index is 0.0165. The first-order valence-electron chi connectivity index (χ1n) is 11.8. The Bertz CT molecular complexity index is 1350. The minimum atomic E-state index is -4.84. The van der Waals surface area contributed by atoms with E-state index < -0.39 is 17.6 Å². The lowest BCUT2D eigenvalue weighted by molar-refractivity contribution is -0.140. The van der Waals surface area contributed by atoms with E-state index in [-0.39, 0.29) is 35.6 Å². The molecular weight excluding hydrogens is 492 g/mol.